The Hall–Kier alpha value is -3.35. The number of hydrogen-bond acceptors (Lipinski definition) is 7. The van der Waals surface area contributed by atoms with Crippen LogP contribution in [0.1, 0.15) is 40.2 Å². The molecule has 0 unspecified atom stereocenters. The van der Waals surface area contributed by atoms with Gasteiger partial charge in [-0.05, 0) is 64.5 Å². The Bertz CT molecular complexity index is 914. The average molecular weight is 427 g/mol. The quantitative estimate of drug-likeness (QED) is 0.360. The van der Waals surface area contributed by atoms with Gasteiger partial charge in [0.2, 0.25) is 5.76 Å². The molecular weight excluding hydrogens is 396 g/mol. The first-order valence-electron chi connectivity index (χ1n) is 10.3. The molecule has 1 N–H and O–H groups in total. The molecule has 31 heavy (non-hydrogen) atoms. The Kier molecular flexibility index (Phi) is 8.61. The van der Waals surface area contributed by atoms with Gasteiger partial charge in [-0.25, -0.2) is 4.79 Å². The highest BCUT2D eigenvalue weighted by atomic mass is 16.6. The van der Waals surface area contributed by atoms with Gasteiger partial charge in [-0.3, -0.25) is 9.78 Å². The van der Waals surface area contributed by atoms with Crippen LogP contribution in [0.2, 0.25) is 0 Å². The summed E-state index contributed by atoms with van der Waals surface area (Å²) in [6.07, 6.45) is 3.27. The van der Waals surface area contributed by atoms with Crippen LogP contribution < -0.4 is 5.32 Å². The fraction of sp³-hybridized carbons (Fsp3) is 0.375. The second-order valence-corrected chi connectivity index (χ2v) is 7.66. The molecular formula is C24H30N2O5. The molecule has 1 aromatic carbocycles. The van der Waals surface area contributed by atoms with Crippen LogP contribution in [0.5, 0.6) is 0 Å². The van der Waals surface area contributed by atoms with E-state index in [9.17, 15) is 9.59 Å². The molecule has 0 aliphatic rings. The molecule has 0 amide bonds. The predicted molar refractivity (Wildman–Crippen MR) is 120 cm³/mol. The Morgan fingerprint density at radius 1 is 1.06 bits per heavy atom. The largest absolute Gasteiger partial charge is 0.487 e. The molecule has 0 atom stereocenters. The molecule has 0 bridgehead atoms. The topological polar surface area (TPSA) is 86.8 Å². The Morgan fingerprint density at radius 3 is 2.42 bits per heavy atom. The summed E-state index contributed by atoms with van der Waals surface area (Å²) in [6.45, 7) is 9.76. The minimum Gasteiger partial charge on any atom is -0.487 e. The van der Waals surface area contributed by atoms with E-state index in [2.05, 4.69) is 10.3 Å². The van der Waals surface area contributed by atoms with Gasteiger partial charge in [-0.2, -0.15) is 0 Å². The summed E-state index contributed by atoms with van der Waals surface area (Å²) in [5.74, 6) is -0.678. The van der Waals surface area contributed by atoms with Crippen molar-refractivity contribution in [3.8, 4) is 11.3 Å². The highest BCUT2D eigenvalue weighted by molar-refractivity contribution is 5.91. The number of nitrogens with zero attached hydrogens (tertiary/aromatic N) is 1. The monoisotopic (exact) mass is 426 g/mol. The van der Waals surface area contributed by atoms with Crippen LogP contribution in [0.4, 0.5) is 5.69 Å². The third kappa shape index (κ3) is 8.12. The Balaban J connectivity index is 2.10. The third-order valence-electron chi connectivity index (χ3n) is 3.88. The van der Waals surface area contributed by atoms with Gasteiger partial charge in [0.25, 0.3) is 0 Å². The second-order valence-electron chi connectivity index (χ2n) is 7.66. The number of benzene rings is 1. The van der Waals surface area contributed by atoms with Gasteiger partial charge < -0.3 is 19.5 Å². The van der Waals surface area contributed by atoms with Crippen molar-refractivity contribution in [2.24, 2.45) is 0 Å². The van der Waals surface area contributed by atoms with Crippen molar-refractivity contribution in [3.63, 3.8) is 0 Å². The summed E-state index contributed by atoms with van der Waals surface area (Å²) in [6, 6.07) is 11.3. The lowest BCUT2D eigenvalue weighted by atomic mass is 10.1. The third-order valence-corrected chi connectivity index (χ3v) is 3.88. The number of carbonyl (C=O) groups is 2. The van der Waals surface area contributed by atoms with Gasteiger partial charge in [0.15, 0.2) is 0 Å². The van der Waals surface area contributed by atoms with Gasteiger partial charge >= 0.3 is 11.9 Å². The van der Waals surface area contributed by atoms with Gasteiger partial charge in [0.05, 0.1) is 18.9 Å². The highest BCUT2D eigenvalue weighted by Crippen LogP contribution is 2.22. The molecule has 0 saturated heterocycles. The van der Waals surface area contributed by atoms with Crippen LogP contribution in [0.25, 0.3) is 17.3 Å². The molecule has 0 aliphatic heterocycles. The first-order valence-corrected chi connectivity index (χ1v) is 10.3. The standard InChI is InChI=1S/C24H30N2O5/c1-6-29-21(23(28)30-7-2)13-17-11-12-20(26-15-17)18-9-8-10-19(14-18)25-16-22(27)31-24(3,4)5/h8-15,25H,6-7,16H2,1-5H3. The van der Waals surface area contributed by atoms with Crippen molar-refractivity contribution < 1.29 is 23.8 Å². The summed E-state index contributed by atoms with van der Waals surface area (Å²) < 4.78 is 15.7. The summed E-state index contributed by atoms with van der Waals surface area (Å²) in [5.41, 5.74) is 2.64. The lowest BCUT2D eigenvalue weighted by Crippen LogP contribution is -2.28. The van der Waals surface area contributed by atoms with E-state index >= 15 is 0 Å². The van der Waals surface area contributed by atoms with Crippen molar-refractivity contribution in [2.75, 3.05) is 25.1 Å². The lowest BCUT2D eigenvalue weighted by Gasteiger charge is -2.19. The SMILES string of the molecule is CCOC(=O)C(=Cc1ccc(-c2cccc(NCC(=O)OC(C)(C)C)c2)nc1)OCC. The maximum atomic E-state index is 12.0. The van der Waals surface area contributed by atoms with Crippen molar-refractivity contribution in [1.82, 2.24) is 4.98 Å². The molecule has 7 heteroatoms. The highest BCUT2D eigenvalue weighted by Gasteiger charge is 2.16. The maximum Gasteiger partial charge on any atom is 0.373 e. The van der Waals surface area contributed by atoms with Crippen LogP contribution in [0.15, 0.2) is 48.4 Å². The zero-order chi connectivity index (χ0) is 22.9. The second kappa shape index (κ2) is 11.2. The number of hydrogen-bond donors (Lipinski definition) is 1. The normalized spacial score (nSPS) is 11.6. The van der Waals surface area contributed by atoms with E-state index in [0.29, 0.717) is 6.61 Å². The molecule has 166 valence electrons. The Labute approximate surface area is 183 Å². The zero-order valence-electron chi connectivity index (χ0n) is 18.7. The molecule has 0 saturated carbocycles. The van der Waals surface area contributed by atoms with E-state index in [0.717, 1.165) is 22.5 Å². The number of nitrogens with one attached hydrogen (secondary N) is 1. The van der Waals surface area contributed by atoms with Crippen LogP contribution in [-0.4, -0.2) is 42.3 Å². The maximum absolute atomic E-state index is 12.0. The summed E-state index contributed by atoms with van der Waals surface area (Å²) >= 11 is 0. The van der Waals surface area contributed by atoms with E-state index in [1.165, 1.54) is 0 Å². The Morgan fingerprint density at radius 2 is 1.81 bits per heavy atom. The van der Waals surface area contributed by atoms with Crippen molar-refractivity contribution >= 4 is 23.7 Å². The molecule has 0 spiro atoms. The lowest BCUT2D eigenvalue weighted by molar-refractivity contribution is -0.152. The van der Waals surface area contributed by atoms with Gasteiger partial charge in [-0.1, -0.05) is 18.2 Å². The van der Waals surface area contributed by atoms with E-state index in [1.54, 1.807) is 26.1 Å². The first kappa shape index (κ1) is 23.9. The number of aromatic nitrogens is 1. The molecule has 7 nitrogen and oxygen atoms in total. The van der Waals surface area contributed by atoms with Gasteiger partial charge in [-0.15, -0.1) is 0 Å². The van der Waals surface area contributed by atoms with Crippen LogP contribution in [0, 0.1) is 0 Å². The fourth-order valence-corrected chi connectivity index (χ4v) is 2.67. The van der Waals surface area contributed by atoms with Crippen LogP contribution >= 0.6 is 0 Å². The first-order chi connectivity index (χ1) is 14.7. The van der Waals surface area contributed by atoms with Gasteiger partial charge in [0.1, 0.15) is 12.1 Å². The van der Waals surface area contributed by atoms with Crippen molar-refractivity contribution in [1.29, 1.82) is 0 Å². The fourth-order valence-electron chi connectivity index (χ4n) is 2.67. The molecule has 2 rings (SSSR count). The number of anilines is 1. The number of rotatable bonds is 9. The molecule has 1 heterocycles. The van der Waals surface area contributed by atoms with E-state index in [4.69, 9.17) is 14.2 Å². The smallest absolute Gasteiger partial charge is 0.373 e. The molecule has 1 aromatic heterocycles. The molecule has 2 aromatic rings. The van der Waals surface area contributed by atoms with Gasteiger partial charge in [0, 0.05) is 17.4 Å². The number of esters is 2. The van der Waals surface area contributed by atoms with E-state index < -0.39 is 11.6 Å². The van der Waals surface area contributed by atoms with E-state index in [1.807, 2.05) is 57.2 Å². The summed E-state index contributed by atoms with van der Waals surface area (Å²) in [5, 5.41) is 3.07. The minimum absolute atomic E-state index is 0.0753. The van der Waals surface area contributed by atoms with Crippen molar-refractivity contribution in [3.05, 3.63) is 53.9 Å². The minimum atomic E-state index is -0.518. The summed E-state index contributed by atoms with van der Waals surface area (Å²) in [7, 11) is 0. The zero-order valence-corrected chi connectivity index (χ0v) is 18.7. The van der Waals surface area contributed by atoms with E-state index in [-0.39, 0.29) is 24.9 Å². The molecule has 0 radical (unpaired) electrons. The number of pyridine rings is 1. The molecule has 0 aliphatic carbocycles. The van der Waals surface area contributed by atoms with Crippen LogP contribution in [0.3, 0.4) is 0 Å². The number of ether oxygens (including phenoxy) is 3. The van der Waals surface area contributed by atoms with Crippen molar-refractivity contribution in [2.45, 2.75) is 40.2 Å². The van der Waals surface area contributed by atoms with Crippen LogP contribution in [-0.2, 0) is 23.8 Å². The predicted octanol–water partition coefficient (Wildman–Crippen LogP) is 4.44. The number of carbonyl (C=O) groups excluding carboxylic acids is 2. The molecule has 0 fully saturated rings. The average Bonchev–Trinajstić information content (AvgIpc) is 2.72. The summed E-state index contributed by atoms with van der Waals surface area (Å²) in [4.78, 5) is 28.4.